The van der Waals surface area contributed by atoms with Crippen LogP contribution in [0.15, 0.2) is 34.8 Å². The standard InChI is InChI=1S/C16H18BrF3N4/c1-15(2,3)24-14-22-12(16(18,19)20)8-13(23-14)21-9-10-4-6-11(17)7-5-10/h4-8H,9H2,1-3H3,(H2,21,22,23,24). The second-order valence-corrected chi connectivity index (χ2v) is 7.23. The number of aromatic nitrogens is 2. The van der Waals surface area contributed by atoms with Crippen molar-refractivity contribution in [2.75, 3.05) is 10.6 Å². The third-order valence-corrected chi connectivity index (χ3v) is 3.42. The molecule has 1 aromatic carbocycles. The number of halogens is 4. The quantitative estimate of drug-likeness (QED) is 0.748. The average molecular weight is 403 g/mol. The first kappa shape index (κ1) is 18.5. The Labute approximate surface area is 147 Å². The van der Waals surface area contributed by atoms with Crippen LogP contribution in [0.2, 0.25) is 0 Å². The van der Waals surface area contributed by atoms with Crippen LogP contribution in [-0.4, -0.2) is 15.5 Å². The molecule has 4 nitrogen and oxygen atoms in total. The first-order valence-corrected chi connectivity index (χ1v) is 8.05. The molecule has 0 aliphatic carbocycles. The van der Waals surface area contributed by atoms with Gasteiger partial charge in [-0.1, -0.05) is 28.1 Å². The van der Waals surface area contributed by atoms with Gasteiger partial charge in [0.2, 0.25) is 5.95 Å². The van der Waals surface area contributed by atoms with Gasteiger partial charge in [0.25, 0.3) is 0 Å². The number of hydrogen-bond acceptors (Lipinski definition) is 4. The van der Waals surface area contributed by atoms with Crippen LogP contribution in [-0.2, 0) is 12.7 Å². The van der Waals surface area contributed by atoms with Crippen molar-refractivity contribution in [1.29, 1.82) is 0 Å². The van der Waals surface area contributed by atoms with Gasteiger partial charge in [-0.15, -0.1) is 0 Å². The molecule has 0 aliphatic heterocycles. The molecule has 0 saturated heterocycles. The number of rotatable bonds is 4. The van der Waals surface area contributed by atoms with E-state index in [4.69, 9.17) is 0 Å². The van der Waals surface area contributed by atoms with E-state index in [1.165, 1.54) is 0 Å². The molecule has 1 heterocycles. The second-order valence-electron chi connectivity index (χ2n) is 6.31. The number of alkyl halides is 3. The summed E-state index contributed by atoms with van der Waals surface area (Å²) in [5, 5.41) is 5.78. The summed E-state index contributed by atoms with van der Waals surface area (Å²) in [5.74, 6) is 0.0580. The van der Waals surface area contributed by atoms with Crippen LogP contribution >= 0.6 is 15.9 Å². The van der Waals surface area contributed by atoms with Crippen LogP contribution in [0.4, 0.5) is 24.9 Å². The van der Waals surface area contributed by atoms with E-state index in [1.807, 2.05) is 45.0 Å². The first-order chi connectivity index (χ1) is 11.0. The van der Waals surface area contributed by atoms with E-state index in [1.54, 1.807) is 0 Å². The van der Waals surface area contributed by atoms with Crippen molar-refractivity contribution < 1.29 is 13.2 Å². The molecule has 0 spiro atoms. The number of anilines is 2. The highest BCUT2D eigenvalue weighted by molar-refractivity contribution is 9.10. The zero-order valence-electron chi connectivity index (χ0n) is 13.5. The predicted octanol–water partition coefficient (Wildman–Crippen LogP) is 5.08. The van der Waals surface area contributed by atoms with Gasteiger partial charge >= 0.3 is 6.18 Å². The highest BCUT2D eigenvalue weighted by Crippen LogP contribution is 2.30. The van der Waals surface area contributed by atoms with E-state index in [-0.39, 0.29) is 11.8 Å². The van der Waals surface area contributed by atoms with Crippen molar-refractivity contribution in [2.45, 2.75) is 39.0 Å². The monoisotopic (exact) mass is 402 g/mol. The first-order valence-electron chi connectivity index (χ1n) is 7.26. The van der Waals surface area contributed by atoms with Crippen molar-refractivity contribution in [1.82, 2.24) is 9.97 Å². The third-order valence-electron chi connectivity index (χ3n) is 2.89. The Kier molecular flexibility index (Phi) is 5.37. The normalized spacial score (nSPS) is 12.1. The molecule has 0 bridgehead atoms. The molecule has 8 heteroatoms. The highest BCUT2D eigenvalue weighted by atomic mass is 79.9. The summed E-state index contributed by atoms with van der Waals surface area (Å²) in [6.45, 7) is 5.83. The lowest BCUT2D eigenvalue weighted by Crippen LogP contribution is -2.28. The minimum Gasteiger partial charge on any atom is -0.366 e. The van der Waals surface area contributed by atoms with Gasteiger partial charge in [-0.25, -0.2) is 4.98 Å². The number of nitrogens with one attached hydrogen (secondary N) is 2. The molecule has 24 heavy (non-hydrogen) atoms. The van der Waals surface area contributed by atoms with E-state index in [9.17, 15) is 13.2 Å². The van der Waals surface area contributed by atoms with E-state index in [0.29, 0.717) is 6.54 Å². The Hall–Kier alpha value is -1.83. The summed E-state index contributed by atoms with van der Waals surface area (Å²) in [4.78, 5) is 7.69. The van der Waals surface area contributed by atoms with Crippen molar-refractivity contribution in [3.8, 4) is 0 Å². The summed E-state index contributed by atoms with van der Waals surface area (Å²) in [6, 6.07) is 8.39. The summed E-state index contributed by atoms with van der Waals surface area (Å²) in [7, 11) is 0. The van der Waals surface area contributed by atoms with Gasteiger partial charge in [0, 0.05) is 22.6 Å². The minimum absolute atomic E-state index is 0.0596. The van der Waals surface area contributed by atoms with E-state index >= 15 is 0 Å². The SMILES string of the molecule is CC(C)(C)Nc1nc(NCc2ccc(Br)cc2)cc(C(F)(F)F)n1. The summed E-state index contributed by atoms with van der Waals surface area (Å²) < 4.78 is 40.0. The fourth-order valence-corrected chi connectivity index (χ4v) is 2.13. The lowest BCUT2D eigenvalue weighted by atomic mass is 10.1. The molecule has 0 unspecified atom stereocenters. The summed E-state index contributed by atoms with van der Waals surface area (Å²) >= 11 is 3.34. The van der Waals surface area contributed by atoms with Crippen LogP contribution in [0.25, 0.3) is 0 Å². The Morgan fingerprint density at radius 1 is 1.04 bits per heavy atom. The minimum atomic E-state index is -4.54. The molecule has 1 aromatic heterocycles. The maximum absolute atomic E-state index is 13.0. The molecule has 0 aliphatic rings. The van der Waals surface area contributed by atoms with Crippen LogP contribution in [0, 0.1) is 0 Å². The van der Waals surface area contributed by atoms with E-state index in [2.05, 4.69) is 36.5 Å². The van der Waals surface area contributed by atoms with Crippen molar-refractivity contribution in [3.05, 3.63) is 46.1 Å². The Bertz CT molecular complexity index is 694. The molecule has 0 radical (unpaired) electrons. The van der Waals surface area contributed by atoms with Gasteiger partial charge in [-0.2, -0.15) is 18.2 Å². The fraction of sp³-hybridized carbons (Fsp3) is 0.375. The molecule has 130 valence electrons. The molecule has 2 N–H and O–H groups in total. The topological polar surface area (TPSA) is 49.8 Å². The molecule has 0 amide bonds. The average Bonchev–Trinajstić information content (AvgIpc) is 2.44. The molecule has 0 atom stereocenters. The Morgan fingerprint density at radius 2 is 1.67 bits per heavy atom. The van der Waals surface area contributed by atoms with Crippen molar-refractivity contribution >= 4 is 27.7 Å². The van der Waals surface area contributed by atoms with Gasteiger partial charge in [0.15, 0.2) is 5.69 Å². The smallest absolute Gasteiger partial charge is 0.366 e. The molecular formula is C16H18BrF3N4. The van der Waals surface area contributed by atoms with Gasteiger partial charge < -0.3 is 10.6 Å². The molecular weight excluding hydrogens is 385 g/mol. The lowest BCUT2D eigenvalue weighted by Gasteiger charge is -2.21. The lowest BCUT2D eigenvalue weighted by molar-refractivity contribution is -0.141. The number of nitrogens with zero attached hydrogens (tertiary/aromatic N) is 2. The van der Waals surface area contributed by atoms with E-state index in [0.717, 1.165) is 16.1 Å². The van der Waals surface area contributed by atoms with Gasteiger partial charge in [0.1, 0.15) is 5.82 Å². The fourth-order valence-electron chi connectivity index (χ4n) is 1.87. The molecule has 0 saturated carbocycles. The largest absolute Gasteiger partial charge is 0.433 e. The molecule has 2 aromatic rings. The maximum atomic E-state index is 13.0. The van der Waals surface area contributed by atoms with Crippen LogP contribution < -0.4 is 10.6 Å². The van der Waals surface area contributed by atoms with Crippen molar-refractivity contribution in [2.24, 2.45) is 0 Å². The molecule has 0 fully saturated rings. The number of hydrogen-bond donors (Lipinski definition) is 2. The number of benzene rings is 1. The summed E-state index contributed by atoms with van der Waals surface area (Å²) in [5.41, 5.74) is -0.508. The molecule has 2 rings (SSSR count). The third kappa shape index (κ3) is 5.67. The van der Waals surface area contributed by atoms with Gasteiger partial charge in [-0.3, -0.25) is 0 Å². The Balaban J connectivity index is 2.24. The van der Waals surface area contributed by atoms with Gasteiger partial charge in [-0.05, 0) is 38.5 Å². The predicted molar refractivity (Wildman–Crippen MR) is 91.9 cm³/mol. The Morgan fingerprint density at radius 3 is 2.21 bits per heavy atom. The zero-order valence-corrected chi connectivity index (χ0v) is 15.1. The van der Waals surface area contributed by atoms with Crippen LogP contribution in [0.3, 0.4) is 0 Å². The van der Waals surface area contributed by atoms with Gasteiger partial charge in [0.05, 0.1) is 0 Å². The van der Waals surface area contributed by atoms with Crippen LogP contribution in [0.1, 0.15) is 32.0 Å². The van der Waals surface area contributed by atoms with Crippen LogP contribution in [0.5, 0.6) is 0 Å². The zero-order chi connectivity index (χ0) is 18.0. The maximum Gasteiger partial charge on any atom is 0.433 e. The second kappa shape index (κ2) is 6.96. The van der Waals surface area contributed by atoms with Crippen molar-refractivity contribution in [3.63, 3.8) is 0 Å². The summed E-state index contributed by atoms with van der Waals surface area (Å²) in [6.07, 6.45) is -4.54. The highest BCUT2D eigenvalue weighted by Gasteiger charge is 2.34. The van der Waals surface area contributed by atoms with E-state index < -0.39 is 17.4 Å².